The Balaban J connectivity index is 2.05. The molecule has 1 aliphatic rings. The third kappa shape index (κ3) is 2.08. The van der Waals surface area contributed by atoms with E-state index in [0.717, 1.165) is 29.7 Å². The molecule has 2 aromatic heterocycles. The molecular weight excluding hydrogens is 278 g/mol. The fourth-order valence-electron chi connectivity index (χ4n) is 2.51. The maximum Gasteiger partial charge on any atom is 0.243 e. The van der Waals surface area contributed by atoms with Crippen LogP contribution in [0.1, 0.15) is 37.3 Å². The summed E-state index contributed by atoms with van der Waals surface area (Å²) >= 11 is 5.99. The molecule has 1 aliphatic carbocycles. The van der Waals surface area contributed by atoms with Gasteiger partial charge in [0, 0.05) is 13.1 Å². The lowest BCUT2D eigenvalue weighted by Gasteiger charge is -2.16. The first kappa shape index (κ1) is 13.4. The molecule has 1 unspecified atom stereocenters. The van der Waals surface area contributed by atoms with E-state index in [2.05, 4.69) is 15.4 Å². The smallest absolute Gasteiger partial charge is 0.243 e. The average molecular weight is 296 g/mol. The van der Waals surface area contributed by atoms with Crippen molar-refractivity contribution in [2.75, 3.05) is 0 Å². The van der Waals surface area contributed by atoms with Gasteiger partial charge in [0.1, 0.15) is 17.4 Å². The standard InChI is InChI=1S/C13H18ClN5O/c1-7-11-13(18(3)17-7)19(10(6-14)16-11)8(2)12(20)15-9-4-5-9/h8-9H,4-6H2,1-3H3,(H,15,20). The van der Waals surface area contributed by atoms with E-state index >= 15 is 0 Å². The maximum atomic E-state index is 12.3. The Labute approximate surface area is 122 Å². The quantitative estimate of drug-likeness (QED) is 0.873. The van der Waals surface area contributed by atoms with Crippen LogP contribution in [0.2, 0.25) is 0 Å². The van der Waals surface area contributed by atoms with Crippen molar-refractivity contribution in [2.45, 2.75) is 44.7 Å². The lowest BCUT2D eigenvalue weighted by Crippen LogP contribution is -2.33. The molecule has 0 saturated heterocycles. The zero-order valence-electron chi connectivity index (χ0n) is 11.9. The van der Waals surface area contributed by atoms with Gasteiger partial charge in [0.25, 0.3) is 0 Å². The molecule has 1 amide bonds. The van der Waals surface area contributed by atoms with Gasteiger partial charge in [-0.25, -0.2) is 4.98 Å². The van der Waals surface area contributed by atoms with Crippen molar-refractivity contribution >= 4 is 28.7 Å². The summed E-state index contributed by atoms with van der Waals surface area (Å²) in [5, 5.41) is 7.38. The Morgan fingerprint density at radius 1 is 1.55 bits per heavy atom. The number of rotatable bonds is 4. The summed E-state index contributed by atoms with van der Waals surface area (Å²) in [4.78, 5) is 16.8. The van der Waals surface area contributed by atoms with Crippen LogP contribution >= 0.6 is 11.6 Å². The molecule has 3 rings (SSSR count). The number of hydrogen-bond donors (Lipinski definition) is 1. The second-order valence-corrected chi connectivity index (χ2v) is 5.64. The van der Waals surface area contributed by atoms with E-state index in [0.29, 0.717) is 11.9 Å². The van der Waals surface area contributed by atoms with Gasteiger partial charge in [0.15, 0.2) is 5.65 Å². The summed E-state index contributed by atoms with van der Waals surface area (Å²) in [5.74, 6) is 0.989. The summed E-state index contributed by atoms with van der Waals surface area (Å²) in [6.45, 7) is 3.78. The molecule has 0 aromatic carbocycles. The molecule has 20 heavy (non-hydrogen) atoms. The summed E-state index contributed by atoms with van der Waals surface area (Å²) < 4.78 is 3.65. The molecular formula is C13H18ClN5O. The van der Waals surface area contributed by atoms with Crippen LogP contribution in [0.5, 0.6) is 0 Å². The van der Waals surface area contributed by atoms with Crippen LogP contribution < -0.4 is 5.32 Å². The number of imidazole rings is 1. The largest absolute Gasteiger partial charge is 0.352 e. The van der Waals surface area contributed by atoms with Crippen LogP contribution in [-0.4, -0.2) is 31.3 Å². The highest BCUT2D eigenvalue weighted by atomic mass is 35.5. The van der Waals surface area contributed by atoms with E-state index in [1.807, 2.05) is 25.5 Å². The Morgan fingerprint density at radius 2 is 2.25 bits per heavy atom. The number of nitrogens with zero attached hydrogens (tertiary/aromatic N) is 4. The lowest BCUT2D eigenvalue weighted by molar-refractivity contribution is -0.124. The zero-order chi connectivity index (χ0) is 14.4. The van der Waals surface area contributed by atoms with Crippen molar-refractivity contribution in [1.29, 1.82) is 0 Å². The van der Waals surface area contributed by atoms with Crippen molar-refractivity contribution in [3.05, 3.63) is 11.5 Å². The normalized spacial score (nSPS) is 16.6. The van der Waals surface area contributed by atoms with E-state index in [-0.39, 0.29) is 17.8 Å². The van der Waals surface area contributed by atoms with Gasteiger partial charge in [0.05, 0.1) is 11.6 Å². The van der Waals surface area contributed by atoms with E-state index in [4.69, 9.17) is 11.6 Å². The third-order valence-corrected chi connectivity index (χ3v) is 3.96. The molecule has 6 nitrogen and oxygen atoms in total. The fraction of sp³-hybridized carbons (Fsp3) is 0.615. The van der Waals surface area contributed by atoms with Crippen molar-refractivity contribution in [3.8, 4) is 0 Å². The number of hydrogen-bond acceptors (Lipinski definition) is 3. The number of aryl methyl sites for hydroxylation is 2. The minimum absolute atomic E-state index is 0.0111. The van der Waals surface area contributed by atoms with Gasteiger partial charge in [-0.1, -0.05) is 0 Å². The minimum Gasteiger partial charge on any atom is -0.352 e. The van der Waals surface area contributed by atoms with Gasteiger partial charge in [-0.05, 0) is 26.7 Å². The summed E-state index contributed by atoms with van der Waals surface area (Å²) in [5.41, 5.74) is 2.51. The molecule has 108 valence electrons. The Bertz CT molecular complexity index is 670. The Morgan fingerprint density at radius 3 is 2.85 bits per heavy atom. The molecule has 0 bridgehead atoms. The summed E-state index contributed by atoms with van der Waals surface area (Å²) in [7, 11) is 1.86. The van der Waals surface area contributed by atoms with Crippen molar-refractivity contribution in [2.24, 2.45) is 7.05 Å². The molecule has 0 aliphatic heterocycles. The average Bonchev–Trinajstić information content (AvgIpc) is 3.06. The van der Waals surface area contributed by atoms with Gasteiger partial charge in [-0.15, -0.1) is 11.6 Å². The zero-order valence-corrected chi connectivity index (χ0v) is 12.6. The highest BCUT2D eigenvalue weighted by Gasteiger charge is 2.29. The summed E-state index contributed by atoms with van der Waals surface area (Å²) in [6, 6.07) is 0.000775. The van der Waals surface area contributed by atoms with Gasteiger partial charge in [-0.2, -0.15) is 5.10 Å². The van der Waals surface area contributed by atoms with Crippen molar-refractivity contribution in [1.82, 2.24) is 24.6 Å². The SMILES string of the molecule is Cc1nn(C)c2c1nc(CCl)n2C(C)C(=O)NC1CC1. The number of aromatic nitrogens is 4. The third-order valence-electron chi connectivity index (χ3n) is 3.72. The molecule has 0 radical (unpaired) electrons. The van der Waals surface area contributed by atoms with Gasteiger partial charge < -0.3 is 5.32 Å². The van der Waals surface area contributed by atoms with Gasteiger partial charge >= 0.3 is 0 Å². The van der Waals surface area contributed by atoms with Crippen LogP contribution in [0, 0.1) is 6.92 Å². The molecule has 1 saturated carbocycles. The second-order valence-electron chi connectivity index (χ2n) is 5.37. The first-order chi connectivity index (χ1) is 9.52. The van der Waals surface area contributed by atoms with E-state index < -0.39 is 0 Å². The van der Waals surface area contributed by atoms with E-state index in [1.165, 1.54) is 0 Å². The molecule has 0 spiro atoms. The first-order valence-electron chi connectivity index (χ1n) is 6.79. The predicted molar refractivity (Wildman–Crippen MR) is 76.7 cm³/mol. The maximum absolute atomic E-state index is 12.3. The van der Waals surface area contributed by atoms with E-state index in [1.54, 1.807) is 4.68 Å². The number of fused-ring (bicyclic) bond motifs is 1. The lowest BCUT2D eigenvalue weighted by atomic mass is 10.3. The molecule has 1 fully saturated rings. The Kier molecular flexibility index (Phi) is 3.20. The fourth-order valence-corrected chi connectivity index (χ4v) is 2.70. The molecule has 1 N–H and O–H groups in total. The number of carbonyl (C=O) groups is 1. The number of halogens is 1. The van der Waals surface area contributed by atoms with Gasteiger partial charge in [-0.3, -0.25) is 14.0 Å². The van der Waals surface area contributed by atoms with Crippen LogP contribution in [0.25, 0.3) is 11.2 Å². The second kappa shape index (κ2) is 4.77. The molecule has 2 aromatic rings. The van der Waals surface area contributed by atoms with Crippen LogP contribution in [0.15, 0.2) is 0 Å². The monoisotopic (exact) mass is 295 g/mol. The minimum atomic E-state index is -0.343. The Hall–Kier alpha value is -1.56. The van der Waals surface area contributed by atoms with Gasteiger partial charge in [0.2, 0.25) is 5.91 Å². The molecule has 1 atom stereocenters. The van der Waals surface area contributed by atoms with Crippen molar-refractivity contribution in [3.63, 3.8) is 0 Å². The molecule has 7 heteroatoms. The van der Waals surface area contributed by atoms with Crippen molar-refractivity contribution < 1.29 is 4.79 Å². The highest BCUT2D eigenvalue weighted by molar-refractivity contribution is 6.16. The number of alkyl halides is 1. The molecule has 2 heterocycles. The topological polar surface area (TPSA) is 64.7 Å². The van der Waals surface area contributed by atoms with E-state index in [9.17, 15) is 4.79 Å². The summed E-state index contributed by atoms with van der Waals surface area (Å²) in [6.07, 6.45) is 2.15. The number of carbonyl (C=O) groups excluding carboxylic acids is 1. The number of amides is 1. The van der Waals surface area contributed by atoms with Crippen LogP contribution in [-0.2, 0) is 17.7 Å². The van der Waals surface area contributed by atoms with Crippen LogP contribution in [0.4, 0.5) is 0 Å². The first-order valence-corrected chi connectivity index (χ1v) is 7.33. The number of nitrogens with one attached hydrogen (secondary N) is 1. The van der Waals surface area contributed by atoms with Crippen LogP contribution in [0.3, 0.4) is 0 Å². The predicted octanol–water partition coefficient (Wildman–Crippen LogP) is 1.66. The highest BCUT2D eigenvalue weighted by Crippen LogP contribution is 2.26.